The highest BCUT2D eigenvalue weighted by Crippen LogP contribution is 2.12. The van der Waals surface area contributed by atoms with E-state index in [1.165, 1.54) is 5.56 Å². The lowest BCUT2D eigenvalue weighted by atomic mass is 10.2. The molecule has 0 saturated carbocycles. The molecule has 5 heteroatoms. The lowest BCUT2D eigenvalue weighted by Crippen LogP contribution is -2.37. The highest BCUT2D eigenvalue weighted by atomic mass is 16.6. The topological polar surface area (TPSA) is 45.7 Å². The summed E-state index contributed by atoms with van der Waals surface area (Å²) in [6.45, 7) is 4.19. The monoisotopic (exact) mass is 311 g/mol. The first-order valence-electron chi connectivity index (χ1n) is 7.94. The summed E-state index contributed by atoms with van der Waals surface area (Å²) in [6, 6.07) is 13.9. The van der Waals surface area contributed by atoms with Crippen LogP contribution in [0.25, 0.3) is 0 Å². The van der Waals surface area contributed by atoms with Crippen LogP contribution in [-0.4, -0.2) is 47.1 Å². The molecule has 0 unspecified atom stereocenters. The Kier molecular flexibility index (Phi) is 5.21. The van der Waals surface area contributed by atoms with E-state index in [1.807, 2.05) is 6.07 Å². The van der Waals surface area contributed by atoms with Crippen LogP contribution >= 0.6 is 0 Å². The van der Waals surface area contributed by atoms with E-state index in [0.717, 1.165) is 32.6 Å². The maximum absolute atomic E-state index is 12.2. The van der Waals surface area contributed by atoms with Gasteiger partial charge in [-0.05, 0) is 24.1 Å². The Hall–Kier alpha value is -2.40. The minimum Gasteiger partial charge on any atom is -0.409 e. The number of amides is 1. The molecule has 1 aromatic carbocycles. The maximum Gasteiger partial charge on any atom is 0.415 e. The van der Waals surface area contributed by atoms with E-state index in [4.69, 9.17) is 4.74 Å². The van der Waals surface area contributed by atoms with Gasteiger partial charge in [-0.3, -0.25) is 9.88 Å². The van der Waals surface area contributed by atoms with Crippen LogP contribution in [0, 0.1) is 0 Å². The Morgan fingerprint density at radius 3 is 2.70 bits per heavy atom. The van der Waals surface area contributed by atoms with Crippen molar-refractivity contribution in [2.75, 3.05) is 26.2 Å². The minimum atomic E-state index is -0.292. The molecule has 1 aliphatic heterocycles. The molecular weight excluding hydrogens is 290 g/mol. The smallest absolute Gasteiger partial charge is 0.409 e. The second-order valence-electron chi connectivity index (χ2n) is 5.66. The molecule has 0 atom stereocenters. The van der Waals surface area contributed by atoms with Gasteiger partial charge in [0.2, 0.25) is 0 Å². The summed E-state index contributed by atoms with van der Waals surface area (Å²) in [5.74, 6) is 0.489. The summed E-state index contributed by atoms with van der Waals surface area (Å²) in [6.07, 6.45) is 3.87. The number of aromatic nitrogens is 1. The predicted octanol–water partition coefficient (Wildman–Crippen LogP) is 2.79. The third-order valence-electron chi connectivity index (χ3n) is 3.94. The molecule has 0 radical (unpaired) electrons. The first-order chi connectivity index (χ1) is 11.3. The van der Waals surface area contributed by atoms with E-state index in [1.54, 1.807) is 29.4 Å². The number of pyridine rings is 1. The Morgan fingerprint density at radius 2 is 1.91 bits per heavy atom. The zero-order chi connectivity index (χ0) is 15.9. The van der Waals surface area contributed by atoms with Crippen molar-refractivity contribution in [3.63, 3.8) is 0 Å². The number of benzene rings is 1. The van der Waals surface area contributed by atoms with Gasteiger partial charge in [0.1, 0.15) is 0 Å². The molecule has 0 bridgehead atoms. The van der Waals surface area contributed by atoms with E-state index >= 15 is 0 Å². The number of rotatable bonds is 3. The van der Waals surface area contributed by atoms with Gasteiger partial charge >= 0.3 is 6.09 Å². The van der Waals surface area contributed by atoms with Gasteiger partial charge in [0.05, 0.1) is 6.20 Å². The zero-order valence-corrected chi connectivity index (χ0v) is 13.1. The Morgan fingerprint density at radius 1 is 1.04 bits per heavy atom. The molecule has 120 valence electrons. The molecule has 1 aromatic heterocycles. The van der Waals surface area contributed by atoms with Crippen LogP contribution in [0.15, 0.2) is 54.9 Å². The maximum atomic E-state index is 12.2. The molecule has 1 fully saturated rings. The third kappa shape index (κ3) is 4.53. The molecule has 2 aromatic rings. The van der Waals surface area contributed by atoms with Crippen LogP contribution < -0.4 is 4.74 Å². The molecule has 3 rings (SSSR count). The van der Waals surface area contributed by atoms with Crippen molar-refractivity contribution in [1.82, 2.24) is 14.8 Å². The number of hydrogen-bond acceptors (Lipinski definition) is 4. The fourth-order valence-corrected chi connectivity index (χ4v) is 2.73. The van der Waals surface area contributed by atoms with Crippen molar-refractivity contribution in [2.45, 2.75) is 13.0 Å². The Bertz CT molecular complexity index is 619. The average molecular weight is 311 g/mol. The molecule has 1 amide bonds. The van der Waals surface area contributed by atoms with Gasteiger partial charge in [-0.2, -0.15) is 0 Å². The largest absolute Gasteiger partial charge is 0.415 e. The number of hydrogen-bond donors (Lipinski definition) is 0. The van der Waals surface area contributed by atoms with Crippen molar-refractivity contribution >= 4 is 6.09 Å². The molecular formula is C18H21N3O2. The van der Waals surface area contributed by atoms with Gasteiger partial charge in [0.25, 0.3) is 0 Å². The quantitative estimate of drug-likeness (QED) is 0.874. The number of nitrogens with zero attached hydrogens (tertiary/aromatic N) is 3. The number of ether oxygens (including phenoxy) is 1. The number of carbonyl (C=O) groups is 1. The lowest BCUT2D eigenvalue weighted by molar-refractivity contribution is 0.153. The van der Waals surface area contributed by atoms with Crippen LogP contribution in [0.3, 0.4) is 0 Å². The van der Waals surface area contributed by atoms with E-state index in [2.05, 4.69) is 34.1 Å². The SMILES string of the molecule is O=C(Oc1cccnc1)N1CCCN(Cc2ccccc2)CC1. The zero-order valence-electron chi connectivity index (χ0n) is 13.1. The molecule has 23 heavy (non-hydrogen) atoms. The van der Waals surface area contributed by atoms with Crippen molar-refractivity contribution in [2.24, 2.45) is 0 Å². The summed E-state index contributed by atoms with van der Waals surface area (Å²) in [5.41, 5.74) is 1.30. The highest BCUT2D eigenvalue weighted by molar-refractivity contribution is 5.70. The predicted molar refractivity (Wildman–Crippen MR) is 88.2 cm³/mol. The van der Waals surface area contributed by atoms with Gasteiger partial charge < -0.3 is 9.64 Å². The second kappa shape index (κ2) is 7.74. The summed E-state index contributed by atoms with van der Waals surface area (Å²) < 4.78 is 5.37. The Labute approximate surface area is 136 Å². The molecule has 2 heterocycles. The van der Waals surface area contributed by atoms with Crippen molar-refractivity contribution < 1.29 is 9.53 Å². The van der Waals surface area contributed by atoms with Gasteiger partial charge in [-0.25, -0.2) is 4.79 Å². The number of carbonyl (C=O) groups excluding carboxylic acids is 1. The van der Waals surface area contributed by atoms with Gasteiger partial charge in [-0.15, -0.1) is 0 Å². The van der Waals surface area contributed by atoms with Crippen LogP contribution in [0.4, 0.5) is 4.79 Å². The molecule has 1 aliphatic rings. The third-order valence-corrected chi connectivity index (χ3v) is 3.94. The summed E-state index contributed by atoms with van der Waals surface area (Å²) in [7, 11) is 0. The van der Waals surface area contributed by atoms with Crippen molar-refractivity contribution in [1.29, 1.82) is 0 Å². The molecule has 5 nitrogen and oxygen atoms in total. The first-order valence-corrected chi connectivity index (χ1v) is 7.94. The summed E-state index contributed by atoms with van der Waals surface area (Å²) in [4.78, 5) is 20.4. The average Bonchev–Trinajstić information content (AvgIpc) is 2.82. The summed E-state index contributed by atoms with van der Waals surface area (Å²) in [5, 5.41) is 0. The van der Waals surface area contributed by atoms with Crippen molar-refractivity contribution in [3.05, 3.63) is 60.4 Å². The van der Waals surface area contributed by atoms with E-state index in [9.17, 15) is 4.79 Å². The lowest BCUT2D eigenvalue weighted by Gasteiger charge is -2.21. The van der Waals surface area contributed by atoms with E-state index in [0.29, 0.717) is 12.3 Å². The van der Waals surface area contributed by atoms with Crippen LogP contribution in [0.5, 0.6) is 5.75 Å². The van der Waals surface area contributed by atoms with Crippen LogP contribution in [-0.2, 0) is 6.54 Å². The van der Waals surface area contributed by atoms with Gasteiger partial charge in [0, 0.05) is 38.9 Å². The second-order valence-corrected chi connectivity index (χ2v) is 5.66. The highest BCUT2D eigenvalue weighted by Gasteiger charge is 2.20. The van der Waals surface area contributed by atoms with E-state index < -0.39 is 0 Å². The van der Waals surface area contributed by atoms with Crippen LogP contribution in [0.1, 0.15) is 12.0 Å². The molecule has 0 spiro atoms. The fraction of sp³-hybridized carbons (Fsp3) is 0.333. The van der Waals surface area contributed by atoms with Gasteiger partial charge in [-0.1, -0.05) is 30.3 Å². The fourth-order valence-electron chi connectivity index (χ4n) is 2.73. The summed E-state index contributed by atoms with van der Waals surface area (Å²) >= 11 is 0. The normalized spacial score (nSPS) is 15.9. The first kappa shape index (κ1) is 15.5. The van der Waals surface area contributed by atoms with Crippen LogP contribution in [0.2, 0.25) is 0 Å². The molecule has 1 saturated heterocycles. The molecule has 0 aliphatic carbocycles. The standard InChI is InChI=1S/C18H21N3O2/c22-18(23-17-8-4-9-19-14-17)21-11-5-10-20(12-13-21)15-16-6-2-1-3-7-16/h1-4,6-9,14H,5,10-13,15H2. The minimum absolute atomic E-state index is 0.292. The Balaban J connectivity index is 1.53. The van der Waals surface area contributed by atoms with Crippen molar-refractivity contribution in [3.8, 4) is 5.75 Å². The van der Waals surface area contributed by atoms with Gasteiger partial charge in [0.15, 0.2) is 5.75 Å². The molecule has 0 N–H and O–H groups in total. The van der Waals surface area contributed by atoms with E-state index in [-0.39, 0.29) is 6.09 Å².